The van der Waals surface area contributed by atoms with Gasteiger partial charge < -0.3 is 25.4 Å². The van der Waals surface area contributed by atoms with Gasteiger partial charge in [-0.25, -0.2) is 18.4 Å². The summed E-state index contributed by atoms with van der Waals surface area (Å²) in [6, 6.07) is 11.6. The molecule has 0 saturated carbocycles. The molecule has 0 spiro atoms. The zero-order valence-corrected chi connectivity index (χ0v) is 19.0. The number of ether oxygens (including phenoxy) is 2. The van der Waals surface area contributed by atoms with E-state index in [1.54, 1.807) is 32.0 Å². The minimum Gasteiger partial charge on any atom is -0.479 e. The van der Waals surface area contributed by atoms with Gasteiger partial charge in [-0.1, -0.05) is 32.0 Å². The molecule has 1 heterocycles. The zero-order valence-electron chi connectivity index (χ0n) is 19.0. The van der Waals surface area contributed by atoms with E-state index in [1.807, 2.05) is 6.07 Å². The van der Waals surface area contributed by atoms with E-state index in [-0.39, 0.29) is 30.2 Å². The maximum Gasteiger partial charge on any atom is 0.344 e. The fraction of sp³-hybridized carbons (Fsp3) is 0.240. The third kappa shape index (κ3) is 6.51. The number of aliphatic carboxylic acids is 1. The molecule has 10 heteroatoms. The van der Waals surface area contributed by atoms with E-state index in [0.29, 0.717) is 17.2 Å². The predicted molar refractivity (Wildman–Crippen MR) is 122 cm³/mol. The number of hydrogen-bond acceptors (Lipinski definition) is 6. The van der Waals surface area contributed by atoms with Crippen LogP contribution in [0.4, 0.5) is 8.78 Å². The van der Waals surface area contributed by atoms with Crippen molar-refractivity contribution in [2.75, 3.05) is 0 Å². The molecule has 0 aliphatic rings. The monoisotopic (exact) mass is 486 g/mol. The Bertz CT molecular complexity index is 1250. The minimum atomic E-state index is -1.41. The normalized spacial score (nSPS) is 11.8. The van der Waals surface area contributed by atoms with Crippen molar-refractivity contribution < 1.29 is 38.1 Å². The molecule has 3 rings (SSSR count). The fourth-order valence-electron chi connectivity index (χ4n) is 3.29. The SMILES string of the molecule is CC(C)CC(Oc1nc(Oc2cc(C(=O)O)cc(-c3cccc(CN)c3)c2)c(F)cc1F)C(=O)O. The molecule has 35 heavy (non-hydrogen) atoms. The zero-order chi connectivity index (χ0) is 25.7. The number of carbonyl (C=O) groups is 2. The van der Waals surface area contributed by atoms with Crippen molar-refractivity contribution in [1.82, 2.24) is 4.98 Å². The molecule has 4 N–H and O–H groups in total. The number of nitrogens with zero attached hydrogens (tertiary/aromatic N) is 1. The summed E-state index contributed by atoms with van der Waals surface area (Å²) in [6.45, 7) is 3.80. The Kier molecular flexibility index (Phi) is 7.98. The second-order valence-electron chi connectivity index (χ2n) is 8.19. The molecule has 0 bridgehead atoms. The average Bonchev–Trinajstić information content (AvgIpc) is 2.81. The Labute approximate surface area is 199 Å². The molecule has 0 amide bonds. The van der Waals surface area contributed by atoms with Crippen molar-refractivity contribution in [3.05, 3.63) is 71.3 Å². The van der Waals surface area contributed by atoms with E-state index in [4.69, 9.17) is 15.2 Å². The number of aromatic carboxylic acids is 1. The number of rotatable bonds is 10. The van der Waals surface area contributed by atoms with Crippen LogP contribution < -0.4 is 15.2 Å². The van der Waals surface area contributed by atoms with Gasteiger partial charge >= 0.3 is 11.9 Å². The molecule has 1 atom stereocenters. The van der Waals surface area contributed by atoms with Gasteiger partial charge in [-0.2, -0.15) is 4.98 Å². The maximum absolute atomic E-state index is 14.5. The summed E-state index contributed by atoms with van der Waals surface area (Å²) in [5.74, 6) is -6.59. The van der Waals surface area contributed by atoms with Crippen LogP contribution in [-0.4, -0.2) is 33.2 Å². The Morgan fingerprint density at radius 1 is 1.00 bits per heavy atom. The second kappa shape index (κ2) is 10.9. The van der Waals surface area contributed by atoms with Crippen LogP contribution in [0.2, 0.25) is 0 Å². The molecular formula is C25H24F2N2O6. The van der Waals surface area contributed by atoms with Crippen LogP contribution in [0.1, 0.15) is 36.2 Å². The maximum atomic E-state index is 14.5. The fourth-order valence-corrected chi connectivity index (χ4v) is 3.29. The highest BCUT2D eigenvalue weighted by molar-refractivity contribution is 5.90. The summed E-state index contributed by atoms with van der Waals surface area (Å²) in [4.78, 5) is 26.8. The third-order valence-corrected chi connectivity index (χ3v) is 4.94. The van der Waals surface area contributed by atoms with E-state index in [2.05, 4.69) is 4.98 Å². The first-order valence-corrected chi connectivity index (χ1v) is 10.7. The van der Waals surface area contributed by atoms with Crippen LogP contribution in [0.3, 0.4) is 0 Å². The first kappa shape index (κ1) is 25.6. The number of benzene rings is 2. The Hall–Kier alpha value is -4.05. The standard InChI is InChI=1S/C25H24F2N2O6/c1-13(2)6-21(25(32)33)35-23-20(27)11-19(26)22(29-23)34-18-9-16(8-17(10-18)24(30)31)15-5-3-4-14(7-15)12-28/h3-5,7-11,13,21H,6,12,28H2,1-2H3,(H,30,31)(H,32,33). The third-order valence-electron chi connectivity index (χ3n) is 4.94. The first-order valence-electron chi connectivity index (χ1n) is 10.7. The summed E-state index contributed by atoms with van der Waals surface area (Å²) < 4.78 is 39.4. The van der Waals surface area contributed by atoms with Crippen LogP contribution in [0.5, 0.6) is 17.5 Å². The van der Waals surface area contributed by atoms with Crippen LogP contribution in [0, 0.1) is 17.6 Å². The van der Waals surface area contributed by atoms with Crippen molar-refractivity contribution in [3.8, 4) is 28.6 Å². The summed E-state index contributed by atoms with van der Waals surface area (Å²) in [5, 5.41) is 18.9. The molecule has 1 aromatic heterocycles. The van der Waals surface area contributed by atoms with Crippen LogP contribution in [-0.2, 0) is 11.3 Å². The number of carboxylic acid groups (broad SMARTS) is 2. The Balaban J connectivity index is 1.99. The lowest BCUT2D eigenvalue weighted by Gasteiger charge is -2.17. The van der Waals surface area contributed by atoms with E-state index in [1.165, 1.54) is 12.1 Å². The molecule has 8 nitrogen and oxygen atoms in total. The molecule has 2 aromatic carbocycles. The van der Waals surface area contributed by atoms with Gasteiger partial charge in [0.1, 0.15) is 5.75 Å². The number of aromatic nitrogens is 1. The predicted octanol–water partition coefficient (Wildman–Crippen LogP) is 4.85. The number of hydrogen-bond donors (Lipinski definition) is 3. The van der Waals surface area contributed by atoms with Crippen LogP contribution in [0.25, 0.3) is 11.1 Å². The summed E-state index contributed by atoms with van der Waals surface area (Å²) in [6.07, 6.45) is -1.34. The highest BCUT2D eigenvalue weighted by Gasteiger charge is 2.25. The van der Waals surface area contributed by atoms with Crippen molar-refractivity contribution in [2.24, 2.45) is 11.7 Å². The van der Waals surface area contributed by atoms with E-state index < -0.39 is 41.4 Å². The largest absolute Gasteiger partial charge is 0.479 e. The smallest absolute Gasteiger partial charge is 0.344 e. The average molecular weight is 486 g/mol. The highest BCUT2D eigenvalue weighted by Crippen LogP contribution is 2.32. The van der Waals surface area contributed by atoms with Crippen molar-refractivity contribution in [3.63, 3.8) is 0 Å². The quantitative estimate of drug-likeness (QED) is 0.370. The summed E-state index contributed by atoms with van der Waals surface area (Å²) >= 11 is 0. The molecule has 3 aromatic rings. The molecule has 1 unspecified atom stereocenters. The Morgan fingerprint density at radius 2 is 1.71 bits per heavy atom. The van der Waals surface area contributed by atoms with Crippen molar-refractivity contribution >= 4 is 11.9 Å². The van der Waals surface area contributed by atoms with Crippen molar-refractivity contribution in [2.45, 2.75) is 32.9 Å². The van der Waals surface area contributed by atoms with Gasteiger partial charge in [-0.3, -0.25) is 0 Å². The first-order chi connectivity index (χ1) is 16.6. The van der Waals surface area contributed by atoms with Crippen LogP contribution >= 0.6 is 0 Å². The van der Waals surface area contributed by atoms with Gasteiger partial charge in [-0.05, 0) is 53.3 Å². The van der Waals surface area contributed by atoms with Crippen molar-refractivity contribution in [1.29, 1.82) is 0 Å². The topological polar surface area (TPSA) is 132 Å². The number of carboxylic acids is 2. The molecule has 0 aliphatic carbocycles. The van der Waals surface area contributed by atoms with Gasteiger partial charge in [0.05, 0.1) is 5.56 Å². The van der Waals surface area contributed by atoms with Gasteiger partial charge in [0.2, 0.25) is 0 Å². The number of pyridine rings is 1. The molecule has 0 aliphatic heterocycles. The van der Waals surface area contributed by atoms with E-state index in [0.717, 1.165) is 11.6 Å². The molecule has 0 fully saturated rings. The molecule has 0 saturated heterocycles. The van der Waals surface area contributed by atoms with Gasteiger partial charge in [0.15, 0.2) is 17.7 Å². The number of halogens is 2. The van der Waals surface area contributed by atoms with E-state index >= 15 is 0 Å². The van der Waals surface area contributed by atoms with Gasteiger partial charge in [0, 0.05) is 12.6 Å². The summed E-state index contributed by atoms with van der Waals surface area (Å²) in [5.41, 5.74) is 7.46. The molecular weight excluding hydrogens is 462 g/mol. The van der Waals surface area contributed by atoms with Gasteiger partial charge in [-0.15, -0.1) is 0 Å². The number of nitrogens with two attached hydrogens (primary N) is 1. The Morgan fingerprint density at radius 3 is 2.34 bits per heavy atom. The highest BCUT2D eigenvalue weighted by atomic mass is 19.1. The second-order valence-corrected chi connectivity index (χ2v) is 8.19. The van der Waals surface area contributed by atoms with Gasteiger partial charge in [0.25, 0.3) is 11.8 Å². The minimum absolute atomic E-state index is 0.0654. The lowest BCUT2D eigenvalue weighted by molar-refractivity contribution is -0.146. The molecule has 184 valence electrons. The lowest BCUT2D eigenvalue weighted by atomic mass is 10.0. The molecule has 0 radical (unpaired) electrons. The van der Waals surface area contributed by atoms with Crippen LogP contribution in [0.15, 0.2) is 48.5 Å². The van der Waals surface area contributed by atoms with E-state index in [9.17, 15) is 28.6 Å². The summed E-state index contributed by atoms with van der Waals surface area (Å²) in [7, 11) is 0. The lowest BCUT2D eigenvalue weighted by Crippen LogP contribution is -2.29.